The summed E-state index contributed by atoms with van der Waals surface area (Å²) in [6, 6.07) is -0.646. The van der Waals surface area contributed by atoms with Crippen LogP contribution >= 0.6 is 0 Å². The Morgan fingerprint density at radius 2 is 1.00 bits per heavy atom. The average Bonchev–Trinajstić information content (AvgIpc) is 2.94. The molecule has 3 N–H and O–H groups in total. The van der Waals surface area contributed by atoms with Gasteiger partial charge in [-0.3, -0.25) is 4.79 Å². The molecular formula is C35H63NO3. The first-order valence-corrected chi connectivity index (χ1v) is 16.4. The highest BCUT2D eigenvalue weighted by Crippen LogP contribution is 2.10. The lowest BCUT2D eigenvalue weighted by Crippen LogP contribution is -2.45. The summed E-state index contributed by atoms with van der Waals surface area (Å²) < 4.78 is 0. The van der Waals surface area contributed by atoms with Crippen LogP contribution in [0, 0.1) is 0 Å². The van der Waals surface area contributed by atoms with Crippen molar-refractivity contribution >= 4 is 5.91 Å². The van der Waals surface area contributed by atoms with Crippen LogP contribution in [-0.4, -0.2) is 34.9 Å². The molecule has 0 aromatic carbocycles. The van der Waals surface area contributed by atoms with Crippen molar-refractivity contribution < 1.29 is 15.0 Å². The lowest BCUT2D eigenvalue weighted by molar-refractivity contribution is -0.123. The van der Waals surface area contributed by atoms with Gasteiger partial charge in [-0.2, -0.15) is 0 Å². The lowest BCUT2D eigenvalue weighted by Gasteiger charge is -2.19. The van der Waals surface area contributed by atoms with E-state index in [-0.39, 0.29) is 12.5 Å². The molecule has 0 aromatic heterocycles. The summed E-state index contributed by atoms with van der Waals surface area (Å²) in [7, 11) is 0. The summed E-state index contributed by atoms with van der Waals surface area (Å²) in [6.45, 7) is 4.22. The van der Waals surface area contributed by atoms with Gasteiger partial charge in [-0.25, -0.2) is 0 Å². The standard InChI is InChI=1S/C35H63NO3/c1-3-5-7-9-11-13-15-17-18-19-20-22-24-26-28-30-34(38)33(32-37)36-35(39)31-29-27-25-23-21-16-14-12-10-8-6-4-2/h12,14-15,17,20,22,28,30,33-34,37-38H,3-11,13,16,18-19,21,23-27,29,31-32H2,1-2H3,(H,36,39)/b14-12-,17-15+,22-20+,30-28+. The molecule has 0 heterocycles. The Kier molecular flexibility index (Phi) is 29.6. The van der Waals surface area contributed by atoms with E-state index in [0.717, 1.165) is 51.4 Å². The van der Waals surface area contributed by atoms with Crippen LogP contribution in [0.1, 0.15) is 149 Å². The molecule has 4 heteroatoms. The highest BCUT2D eigenvalue weighted by atomic mass is 16.3. The molecule has 1 amide bonds. The van der Waals surface area contributed by atoms with E-state index in [1.807, 2.05) is 6.08 Å². The largest absolute Gasteiger partial charge is 0.394 e. The van der Waals surface area contributed by atoms with Crippen LogP contribution in [0.2, 0.25) is 0 Å². The van der Waals surface area contributed by atoms with Crippen molar-refractivity contribution in [2.75, 3.05) is 6.61 Å². The van der Waals surface area contributed by atoms with E-state index in [1.54, 1.807) is 6.08 Å². The minimum absolute atomic E-state index is 0.0926. The number of aliphatic hydroxyl groups excluding tert-OH is 2. The second-order valence-corrected chi connectivity index (χ2v) is 10.8. The van der Waals surface area contributed by atoms with Gasteiger partial charge in [-0.1, -0.05) is 120 Å². The van der Waals surface area contributed by atoms with E-state index in [9.17, 15) is 15.0 Å². The van der Waals surface area contributed by atoms with Crippen molar-refractivity contribution in [3.8, 4) is 0 Å². The number of hydrogen-bond acceptors (Lipinski definition) is 3. The minimum Gasteiger partial charge on any atom is -0.394 e. The van der Waals surface area contributed by atoms with Crippen LogP contribution in [-0.2, 0) is 4.79 Å². The van der Waals surface area contributed by atoms with E-state index in [4.69, 9.17) is 0 Å². The molecule has 0 aliphatic carbocycles. The molecule has 2 atom stereocenters. The number of nitrogens with one attached hydrogen (secondary N) is 1. The molecule has 0 aliphatic heterocycles. The van der Waals surface area contributed by atoms with Crippen LogP contribution in [0.5, 0.6) is 0 Å². The van der Waals surface area contributed by atoms with Crippen LogP contribution < -0.4 is 5.32 Å². The number of hydrogen-bond donors (Lipinski definition) is 3. The zero-order valence-corrected chi connectivity index (χ0v) is 25.6. The Balaban J connectivity index is 3.79. The molecule has 4 nitrogen and oxygen atoms in total. The first kappa shape index (κ1) is 37.4. The molecule has 0 aliphatic rings. The lowest BCUT2D eigenvalue weighted by atomic mass is 10.1. The Morgan fingerprint density at radius 1 is 0.590 bits per heavy atom. The molecule has 0 saturated carbocycles. The Morgan fingerprint density at radius 3 is 1.54 bits per heavy atom. The maximum Gasteiger partial charge on any atom is 0.220 e. The number of carbonyl (C=O) groups excluding carboxylic acids is 1. The van der Waals surface area contributed by atoms with Gasteiger partial charge in [0.05, 0.1) is 18.8 Å². The number of amides is 1. The van der Waals surface area contributed by atoms with Gasteiger partial charge in [0.15, 0.2) is 0 Å². The highest BCUT2D eigenvalue weighted by Gasteiger charge is 2.17. The minimum atomic E-state index is -0.870. The molecule has 39 heavy (non-hydrogen) atoms. The van der Waals surface area contributed by atoms with Gasteiger partial charge in [-0.05, 0) is 70.6 Å². The number of allylic oxidation sites excluding steroid dienone is 7. The highest BCUT2D eigenvalue weighted by molar-refractivity contribution is 5.76. The summed E-state index contributed by atoms with van der Waals surface area (Å²) in [5.41, 5.74) is 0. The summed E-state index contributed by atoms with van der Waals surface area (Å²) in [6.07, 6.45) is 40.4. The molecule has 0 bridgehead atoms. The van der Waals surface area contributed by atoms with Crippen molar-refractivity contribution in [1.29, 1.82) is 0 Å². The Bertz CT molecular complexity index is 638. The molecule has 0 spiro atoms. The van der Waals surface area contributed by atoms with Crippen molar-refractivity contribution in [2.45, 2.75) is 161 Å². The third kappa shape index (κ3) is 27.7. The Labute approximate surface area is 242 Å². The maximum atomic E-state index is 12.2. The summed E-state index contributed by atoms with van der Waals surface area (Å²) >= 11 is 0. The maximum absolute atomic E-state index is 12.2. The topological polar surface area (TPSA) is 69.6 Å². The van der Waals surface area contributed by atoms with Crippen molar-refractivity contribution in [2.24, 2.45) is 0 Å². The van der Waals surface area contributed by atoms with Crippen LogP contribution in [0.25, 0.3) is 0 Å². The van der Waals surface area contributed by atoms with Gasteiger partial charge >= 0.3 is 0 Å². The quantitative estimate of drug-likeness (QED) is 0.0677. The SMILES string of the molecule is CCCCC/C=C\CCCCCCCC(=O)NC(CO)C(O)/C=C/CC/C=C/CC/C=C/CCCCCCC. The van der Waals surface area contributed by atoms with E-state index < -0.39 is 12.1 Å². The normalized spacial score (nSPS) is 13.8. The van der Waals surface area contributed by atoms with E-state index in [0.29, 0.717) is 6.42 Å². The fourth-order valence-electron chi connectivity index (χ4n) is 4.44. The van der Waals surface area contributed by atoms with Crippen LogP contribution in [0.3, 0.4) is 0 Å². The van der Waals surface area contributed by atoms with E-state index >= 15 is 0 Å². The second-order valence-electron chi connectivity index (χ2n) is 10.8. The number of unbranched alkanes of at least 4 members (excludes halogenated alkanes) is 15. The Hall–Kier alpha value is -1.65. The van der Waals surface area contributed by atoms with Crippen molar-refractivity contribution in [1.82, 2.24) is 5.32 Å². The monoisotopic (exact) mass is 545 g/mol. The fraction of sp³-hybridized carbons (Fsp3) is 0.743. The van der Waals surface area contributed by atoms with E-state index in [2.05, 4.69) is 55.6 Å². The molecule has 2 unspecified atom stereocenters. The van der Waals surface area contributed by atoms with Gasteiger partial charge in [0.2, 0.25) is 5.91 Å². The van der Waals surface area contributed by atoms with Gasteiger partial charge in [0, 0.05) is 6.42 Å². The molecular weight excluding hydrogens is 482 g/mol. The van der Waals surface area contributed by atoms with Gasteiger partial charge < -0.3 is 15.5 Å². The summed E-state index contributed by atoms with van der Waals surface area (Å²) in [5, 5.41) is 22.7. The van der Waals surface area contributed by atoms with Gasteiger partial charge in [-0.15, -0.1) is 0 Å². The molecule has 0 radical (unpaired) electrons. The number of rotatable bonds is 28. The van der Waals surface area contributed by atoms with Crippen LogP contribution in [0.4, 0.5) is 0 Å². The second kappa shape index (κ2) is 30.9. The molecule has 0 saturated heterocycles. The first-order chi connectivity index (χ1) is 19.2. The molecule has 0 rings (SSSR count). The van der Waals surface area contributed by atoms with Crippen molar-refractivity contribution in [3.05, 3.63) is 48.6 Å². The fourth-order valence-corrected chi connectivity index (χ4v) is 4.44. The number of aliphatic hydroxyl groups is 2. The average molecular weight is 546 g/mol. The smallest absolute Gasteiger partial charge is 0.220 e. The summed E-state index contributed by atoms with van der Waals surface area (Å²) in [5.74, 6) is -0.0926. The predicted molar refractivity (Wildman–Crippen MR) is 170 cm³/mol. The van der Waals surface area contributed by atoms with Gasteiger partial charge in [0.1, 0.15) is 0 Å². The zero-order chi connectivity index (χ0) is 28.7. The van der Waals surface area contributed by atoms with E-state index in [1.165, 1.54) is 77.0 Å². The van der Waals surface area contributed by atoms with Crippen molar-refractivity contribution in [3.63, 3.8) is 0 Å². The molecule has 226 valence electrons. The van der Waals surface area contributed by atoms with Gasteiger partial charge in [0.25, 0.3) is 0 Å². The first-order valence-electron chi connectivity index (χ1n) is 16.4. The third-order valence-corrected chi connectivity index (χ3v) is 7.01. The number of carbonyl (C=O) groups is 1. The molecule has 0 aromatic rings. The predicted octanol–water partition coefficient (Wildman–Crippen LogP) is 9.28. The van der Waals surface area contributed by atoms with Crippen LogP contribution in [0.15, 0.2) is 48.6 Å². The molecule has 0 fully saturated rings. The zero-order valence-electron chi connectivity index (χ0n) is 25.6. The summed E-state index contributed by atoms with van der Waals surface area (Å²) in [4.78, 5) is 12.2. The third-order valence-electron chi connectivity index (χ3n) is 7.01.